The number of nitrogens with zero attached hydrogens (tertiary/aromatic N) is 1. The van der Waals surface area contributed by atoms with Gasteiger partial charge in [0.25, 0.3) is 5.91 Å². The van der Waals surface area contributed by atoms with Gasteiger partial charge in [-0.05, 0) is 37.3 Å². The lowest BCUT2D eigenvalue weighted by Crippen LogP contribution is -2.30. The Labute approximate surface area is 153 Å². The maximum atomic E-state index is 12.4. The lowest BCUT2D eigenvalue weighted by atomic mass is 10.2. The zero-order valence-electron chi connectivity index (χ0n) is 15.1. The molecule has 0 spiro atoms. The number of sulfonamides is 1. The van der Waals surface area contributed by atoms with Gasteiger partial charge in [-0.15, -0.1) is 0 Å². The molecule has 0 saturated heterocycles. The van der Waals surface area contributed by atoms with Crippen molar-refractivity contribution in [2.24, 2.45) is 0 Å². The normalized spacial score (nSPS) is 12.5. The third-order valence-corrected chi connectivity index (χ3v) is 5.44. The Hall–Kier alpha value is -2.58. The van der Waals surface area contributed by atoms with E-state index < -0.39 is 22.0 Å². The van der Waals surface area contributed by atoms with E-state index in [1.54, 1.807) is 31.2 Å². The largest absolute Gasteiger partial charge is 0.495 e. The molecule has 0 bridgehead atoms. The van der Waals surface area contributed by atoms with Crippen LogP contribution in [0.5, 0.6) is 11.5 Å². The number of hydrogen-bond donors (Lipinski definition) is 1. The highest BCUT2D eigenvalue weighted by molar-refractivity contribution is 7.89. The summed E-state index contributed by atoms with van der Waals surface area (Å²) < 4.78 is 36.5. The number of carbonyl (C=O) groups is 1. The quantitative estimate of drug-likeness (QED) is 0.799. The summed E-state index contributed by atoms with van der Waals surface area (Å²) in [5.74, 6) is 0.487. The zero-order valence-corrected chi connectivity index (χ0v) is 15.9. The number of benzene rings is 2. The van der Waals surface area contributed by atoms with E-state index in [9.17, 15) is 13.2 Å². The Morgan fingerprint density at radius 3 is 2.35 bits per heavy atom. The first-order chi connectivity index (χ1) is 12.3. The summed E-state index contributed by atoms with van der Waals surface area (Å²) in [5, 5.41) is 2.66. The number of amides is 1. The fraction of sp³-hybridized carbons (Fsp3) is 0.278. The fourth-order valence-electron chi connectivity index (χ4n) is 2.15. The van der Waals surface area contributed by atoms with Crippen molar-refractivity contribution in [1.82, 2.24) is 4.31 Å². The zero-order chi connectivity index (χ0) is 19.3. The fourth-order valence-corrected chi connectivity index (χ4v) is 3.08. The van der Waals surface area contributed by atoms with Crippen molar-refractivity contribution < 1.29 is 22.7 Å². The van der Waals surface area contributed by atoms with Crippen LogP contribution in [0.2, 0.25) is 0 Å². The molecular weight excluding hydrogens is 356 g/mol. The van der Waals surface area contributed by atoms with Gasteiger partial charge in [-0.1, -0.05) is 18.2 Å². The van der Waals surface area contributed by atoms with Crippen LogP contribution in [0.15, 0.2) is 53.4 Å². The van der Waals surface area contributed by atoms with Crippen LogP contribution >= 0.6 is 0 Å². The number of ether oxygens (including phenoxy) is 2. The van der Waals surface area contributed by atoms with Crippen LogP contribution in [0.25, 0.3) is 0 Å². The van der Waals surface area contributed by atoms with E-state index >= 15 is 0 Å². The molecule has 8 heteroatoms. The number of anilines is 1. The van der Waals surface area contributed by atoms with Gasteiger partial charge in [0.15, 0.2) is 6.10 Å². The first kappa shape index (κ1) is 19.7. The molecule has 0 fully saturated rings. The van der Waals surface area contributed by atoms with Crippen molar-refractivity contribution in [3.63, 3.8) is 0 Å². The minimum Gasteiger partial charge on any atom is -0.495 e. The molecule has 0 aliphatic heterocycles. The number of methoxy groups -OCH3 is 1. The first-order valence-electron chi connectivity index (χ1n) is 7.89. The van der Waals surface area contributed by atoms with E-state index in [-0.39, 0.29) is 10.6 Å². The maximum Gasteiger partial charge on any atom is 0.265 e. The minimum absolute atomic E-state index is 0.0511. The molecule has 0 radical (unpaired) electrons. The highest BCUT2D eigenvalue weighted by Gasteiger charge is 2.21. The van der Waals surface area contributed by atoms with Crippen LogP contribution in [0.4, 0.5) is 5.69 Å². The first-order valence-corrected chi connectivity index (χ1v) is 9.33. The average molecular weight is 378 g/mol. The Bertz CT molecular complexity index is 866. The Morgan fingerprint density at radius 1 is 1.12 bits per heavy atom. The second kappa shape index (κ2) is 8.20. The molecule has 2 rings (SSSR count). The molecule has 0 aliphatic rings. The molecule has 0 unspecified atom stereocenters. The predicted molar refractivity (Wildman–Crippen MR) is 99.0 cm³/mol. The monoisotopic (exact) mass is 378 g/mol. The van der Waals surface area contributed by atoms with Crippen molar-refractivity contribution in [2.75, 3.05) is 26.5 Å². The van der Waals surface area contributed by atoms with Gasteiger partial charge in [-0.25, -0.2) is 12.7 Å². The molecule has 2 aromatic rings. The molecule has 0 aromatic heterocycles. The maximum absolute atomic E-state index is 12.4. The number of rotatable bonds is 7. The molecule has 1 N–H and O–H groups in total. The second-order valence-corrected chi connectivity index (χ2v) is 7.86. The van der Waals surface area contributed by atoms with Gasteiger partial charge in [0.2, 0.25) is 10.0 Å². The van der Waals surface area contributed by atoms with Crippen molar-refractivity contribution in [1.29, 1.82) is 0 Å². The smallest absolute Gasteiger partial charge is 0.265 e. The molecule has 0 saturated carbocycles. The molecule has 0 heterocycles. The standard InChI is InChI=1S/C18H22N2O5S/c1-13(25-14-8-6-5-7-9-14)18(21)19-16-12-15(10-11-17(16)24-4)26(22,23)20(2)3/h5-13H,1-4H3,(H,19,21)/t13-/m0/s1. The molecule has 1 amide bonds. The van der Waals surface area contributed by atoms with Crippen LogP contribution in [0.1, 0.15) is 6.92 Å². The van der Waals surface area contributed by atoms with Crippen molar-refractivity contribution in [3.05, 3.63) is 48.5 Å². The summed E-state index contributed by atoms with van der Waals surface area (Å²) in [7, 11) is 0.682. The van der Waals surface area contributed by atoms with Crippen LogP contribution < -0.4 is 14.8 Å². The summed E-state index contributed by atoms with van der Waals surface area (Å²) in [6.45, 7) is 1.61. The van der Waals surface area contributed by atoms with Crippen LogP contribution in [-0.4, -0.2) is 45.9 Å². The summed E-state index contributed by atoms with van der Waals surface area (Å²) in [6.07, 6.45) is -0.781. The highest BCUT2D eigenvalue weighted by Crippen LogP contribution is 2.28. The van der Waals surface area contributed by atoms with Crippen molar-refractivity contribution in [2.45, 2.75) is 17.9 Å². The molecule has 7 nitrogen and oxygen atoms in total. The van der Waals surface area contributed by atoms with E-state index in [1.165, 1.54) is 39.4 Å². The van der Waals surface area contributed by atoms with Crippen LogP contribution in [0, 0.1) is 0 Å². The van der Waals surface area contributed by atoms with E-state index in [0.29, 0.717) is 11.5 Å². The molecule has 1 atom stereocenters. The van der Waals surface area contributed by atoms with Crippen LogP contribution in [0.3, 0.4) is 0 Å². The van der Waals surface area contributed by atoms with Crippen molar-refractivity contribution in [3.8, 4) is 11.5 Å². The molecular formula is C18H22N2O5S. The minimum atomic E-state index is -3.63. The second-order valence-electron chi connectivity index (χ2n) is 5.71. The summed E-state index contributed by atoms with van der Waals surface area (Å²) in [4.78, 5) is 12.5. The Kier molecular flexibility index (Phi) is 6.23. The summed E-state index contributed by atoms with van der Waals surface area (Å²) in [6, 6.07) is 13.2. The van der Waals surface area contributed by atoms with Gasteiger partial charge in [0.05, 0.1) is 17.7 Å². The molecule has 26 heavy (non-hydrogen) atoms. The number of nitrogens with one attached hydrogen (secondary N) is 1. The lowest BCUT2D eigenvalue weighted by molar-refractivity contribution is -0.122. The summed E-state index contributed by atoms with van der Waals surface area (Å²) >= 11 is 0. The topological polar surface area (TPSA) is 84.9 Å². The van der Waals surface area contributed by atoms with E-state index in [1.807, 2.05) is 6.07 Å². The number of para-hydroxylation sites is 1. The van der Waals surface area contributed by atoms with Gasteiger partial charge >= 0.3 is 0 Å². The van der Waals surface area contributed by atoms with Crippen LogP contribution in [-0.2, 0) is 14.8 Å². The third kappa shape index (κ3) is 4.53. The van der Waals surface area contributed by atoms with E-state index in [4.69, 9.17) is 9.47 Å². The summed E-state index contributed by atoms with van der Waals surface area (Å²) in [5.41, 5.74) is 0.254. The predicted octanol–water partition coefficient (Wildman–Crippen LogP) is 2.35. The van der Waals surface area contributed by atoms with Gasteiger partial charge < -0.3 is 14.8 Å². The Morgan fingerprint density at radius 2 is 1.77 bits per heavy atom. The average Bonchev–Trinajstić information content (AvgIpc) is 2.62. The third-order valence-electron chi connectivity index (χ3n) is 3.63. The van der Waals surface area contributed by atoms with Crippen molar-refractivity contribution >= 4 is 21.6 Å². The number of hydrogen-bond acceptors (Lipinski definition) is 5. The van der Waals surface area contributed by atoms with Gasteiger partial charge in [0, 0.05) is 14.1 Å². The van der Waals surface area contributed by atoms with E-state index in [0.717, 1.165) is 4.31 Å². The van der Waals surface area contributed by atoms with E-state index in [2.05, 4.69) is 5.32 Å². The Balaban J connectivity index is 2.23. The molecule has 140 valence electrons. The molecule has 2 aromatic carbocycles. The molecule has 0 aliphatic carbocycles. The number of carbonyl (C=O) groups excluding carboxylic acids is 1. The van der Waals surface area contributed by atoms with Gasteiger partial charge in [-0.2, -0.15) is 0 Å². The lowest BCUT2D eigenvalue weighted by Gasteiger charge is -2.17. The SMILES string of the molecule is COc1ccc(S(=O)(=O)N(C)C)cc1NC(=O)[C@H](C)Oc1ccccc1. The highest BCUT2D eigenvalue weighted by atomic mass is 32.2. The van der Waals surface area contributed by atoms with Gasteiger partial charge in [0.1, 0.15) is 11.5 Å². The van der Waals surface area contributed by atoms with Gasteiger partial charge in [-0.3, -0.25) is 4.79 Å².